The predicted molar refractivity (Wildman–Crippen MR) is 97.4 cm³/mol. The number of urea groups is 1. The smallest absolute Gasteiger partial charge is 0.325 e. The Labute approximate surface area is 157 Å². The van der Waals surface area contributed by atoms with Crippen molar-refractivity contribution in [2.75, 3.05) is 11.9 Å². The fourth-order valence-corrected chi connectivity index (χ4v) is 4.96. The molecule has 0 unspecified atom stereocenters. The molecular formula is C20H23N3O4. The van der Waals surface area contributed by atoms with Gasteiger partial charge < -0.3 is 5.32 Å². The minimum atomic E-state index is -0.918. The summed E-state index contributed by atoms with van der Waals surface area (Å²) in [7, 11) is 0. The molecule has 1 aromatic rings. The Balaban J connectivity index is 1.44. The molecule has 2 saturated carbocycles. The second-order valence-electron chi connectivity index (χ2n) is 7.84. The molecule has 0 spiro atoms. The molecule has 7 nitrogen and oxygen atoms in total. The average molecular weight is 369 g/mol. The number of benzene rings is 1. The molecule has 4 atom stereocenters. The van der Waals surface area contributed by atoms with E-state index in [0.29, 0.717) is 17.5 Å². The van der Waals surface area contributed by atoms with Gasteiger partial charge >= 0.3 is 17.8 Å². The van der Waals surface area contributed by atoms with Crippen LogP contribution in [0.2, 0.25) is 0 Å². The molecule has 1 heterocycles. The van der Waals surface area contributed by atoms with E-state index in [4.69, 9.17) is 0 Å². The summed E-state index contributed by atoms with van der Waals surface area (Å²) in [4.78, 5) is 51.6. The van der Waals surface area contributed by atoms with Crippen LogP contribution in [0.15, 0.2) is 30.3 Å². The fraction of sp³-hybridized carbons (Fsp3) is 0.500. The first kappa shape index (κ1) is 17.7. The van der Waals surface area contributed by atoms with Gasteiger partial charge in [0.25, 0.3) is 0 Å². The molecule has 1 saturated heterocycles. The Hall–Kier alpha value is -2.70. The van der Waals surface area contributed by atoms with Gasteiger partial charge in [0.05, 0.1) is 0 Å². The van der Waals surface area contributed by atoms with Gasteiger partial charge in [0.1, 0.15) is 6.54 Å². The van der Waals surface area contributed by atoms with Gasteiger partial charge in [-0.3, -0.25) is 19.3 Å². The normalized spacial score (nSPS) is 28.2. The minimum absolute atomic E-state index is 0.252. The number of amides is 5. The highest BCUT2D eigenvalue weighted by Crippen LogP contribution is 2.50. The predicted octanol–water partition coefficient (Wildman–Crippen LogP) is 2.24. The van der Waals surface area contributed by atoms with Crippen LogP contribution in [0, 0.1) is 17.8 Å². The van der Waals surface area contributed by atoms with Crippen LogP contribution in [0.3, 0.4) is 0 Å². The lowest BCUT2D eigenvalue weighted by molar-refractivity contribution is -0.144. The van der Waals surface area contributed by atoms with Crippen molar-refractivity contribution in [3.63, 3.8) is 0 Å². The second kappa shape index (κ2) is 6.79. The fourth-order valence-electron chi connectivity index (χ4n) is 4.96. The first-order valence-corrected chi connectivity index (χ1v) is 9.49. The van der Waals surface area contributed by atoms with E-state index < -0.39 is 30.3 Å². The third kappa shape index (κ3) is 3.11. The number of carbonyl (C=O) groups is 4. The highest BCUT2D eigenvalue weighted by molar-refractivity contribution is 6.45. The van der Waals surface area contributed by atoms with Crippen molar-refractivity contribution >= 4 is 29.4 Å². The highest BCUT2D eigenvalue weighted by atomic mass is 16.2. The van der Waals surface area contributed by atoms with Crippen LogP contribution in [0.5, 0.6) is 0 Å². The molecule has 4 rings (SSSR count). The van der Waals surface area contributed by atoms with E-state index >= 15 is 0 Å². The SMILES string of the molecule is C[C@H]([C@H]1C[C@H]2CC[C@H]1C2)N1C(=O)C(=O)N(CC(=O)Nc2ccccc2)C1=O. The number of hydrogen-bond donors (Lipinski definition) is 1. The topological polar surface area (TPSA) is 86.8 Å². The molecule has 1 aliphatic heterocycles. The Morgan fingerprint density at radius 2 is 1.85 bits per heavy atom. The lowest BCUT2D eigenvalue weighted by atomic mass is 9.83. The summed E-state index contributed by atoms with van der Waals surface area (Å²) in [6.45, 7) is 1.39. The van der Waals surface area contributed by atoms with Crippen molar-refractivity contribution < 1.29 is 19.2 Å². The van der Waals surface area contributed by atoms with Gasteiger partial charge in [-0.1, -0.05) is 24.6 Å². The van der Waals surface area contributed by atoms with E-state index in [1.165, 1.54) is 6.42 Å². The largest absolute Gasteiger partial charge is 0.334 e. The molecular weight excluding hydrogens is 346 g/mol. The number of imide groups is 2. The summed E-state index contributed by atoms with van der Waals surface area (Å²) >= 11 is 0. The van der Waals surface area contributed by atoms with Crippen LogP contribution >= 0.6 is 0 Å². The lowest BCUT2D eigenvalue weighted by Gasteiger charge is -2.32. The number of nitrogens with one attached hydrogen (secondary N) is 1. The average Bonchev–Trinajstić information content (AvgIpc) is 3.34. The van der Waals surface area contributed by atoms with Crippen molar-refractivity contribution in [1.29, 1.82) is 0 Å². The molecule has 5 amide bonds. The molecule has 1 aromatic carbocycles. The zero-order chi connectivity index (χ0) is 19.1. The molecule has 27 heavy (non-hydrogen) atoms. The zero-order valence-corrected chi connectivity index (χ0v) is 15.3. The van der Waals surface area contributed by atoms with Crippen LogP contribution in [-0.2, 0) is 14.4 Å². The third-order valence-corrected chi connectivity index (χ3v) is 6.26. The third-order valence-electron chi connectivity index (χ3n) is 6.26. The van der Waals surface area contributed by atoms with Gasteiger partial charge in [0, 0.05) is 11.7 Å². The monoisotopic (exact) mass is 369 g/mol. The zero-order valence-electron chi connectivity index (χ0n) is 15.3. The first-order chi connectivity index (χ1) is 13.0. The summed E-state index contributed by atoms with van der Waals surface area (Å²) in [5.41, 5.74) is 0.570. The molecule has 2 aliphatic carbocycles. The second-order valence-corrected chi connectivity index (χ2v) is 7.84. The molecule has 1 N–H and O–H groups in total. The van der Waals surface area contributed by atoms with Crippen molar-refractivity contribution in [3.05, 3.63) is 30.3 Å². The van der Waals surface area contributed by atoms with Crippen molar-refractivity contribution in [2.24, 2.45) is 17.8 Å². The molecule has 142 valence electrons. The quantitative estimate of drug-likeness (QED) is 0.637. The number of fused-ring (bicyclic) bond motifs is 2. The Bertz CT molecular complexity index is 794. The number of hydrogen-bond acceptors (Lipinski definition) is 4. The number of rotatable bonds is 5. The van der Waals surface area contributed by atoms with E-state index in [1.807, 2.05) is 13.0 Å². The molecule has 2 bridgehead atoms. The van der Waals surface area contributed by atoms with Gasteiger partial charge in [-0.05, 0) is 56.1 Å². The van der Waals surface area contributed by atoms with Gasteiger partial charge in [-0.25, -0.2) is 9.69 Å². The summed E-state index contributed by atoms with van der Waals surface area (Å²) in [5, 5.41) is 2.63. The van der Waals surface area contributed by atoms with Crippen molar-refractivity contribution in [2.45, 2.75) is 38.6 Å². The van der Waals surface area contributed by atoms with Crippen LogP contribution in [-0.4, -0.2) is 46.1 Å². The van der Waals surface area contributed by atoms with E-state index in [1.54, 1.807) is 24.3 Å². The number of para-hydroxylation sites is 1. The maximum absolute atomic E-state index is 12.7. The summed E-state index contributed by atoms with van der Waals surface area (Å²) < 4.78 is 0. The molecule has 0 aromatic heterocycles. The maximum Gasteiger partial charge on any atom is 0.334 e. The van der Waals surface area contributed by atoms with Crippen LogP contribution in [0.4, 0.5) is 10.5 Å². The van der Waals surface area contributed by atoms with E-state index in [9.17, 15) is 19.2 Å². The Morgan fingerprint density at radius 1 is 1.11 bits per heavy atom. The van der Waals surface area contributed by atoms with E-state index in [0.717, 1.165) is 29.1 Å². The number of nitrogens with zero attached hydrogens (tertiary/aromatic N) is 2. The molecule has 3 fully saturated rings. The molecule has 7 heteroatoms. The van der Waals surface area contributed by atoms with E-state index in [-0.39, 0.29) is 12.0 Å². The summed E-state index contributed by atoms with van der Waals surface area (Å²) in [6, 6.07) is 7.78. The summed E-state index contributed by atoms with van der Waals surface area (Å²) in [6.07, 6.45) is 4.52. The number of carbonyl (C=O) groups excluding carboxylic acids is 4. The Kier molecular flexibility index (Phi) is 4.45. The van der Waals surface area contributed by atoms with Crippen LogP contribution in [0.25, 0.3) is 0 Å². The van der Waals surface area contributed by atoms with Gasteiger partial charge in [0.15, 0.2) is 0 Å². The molecule has 0 radical (unpaired) electrons. The maximum atomic E-state index is 12.7. The summed E-state index contributed by atoms with van der Waals surface area (Å²) in [5.74, 6) is -0.788. The van der Waals surface area contributed by atoms with Gasteiger partial charge in [-0.2, -0.15) is 0 Å². The molecule has 3 aliphatic rings. The van der Waals surface area contributed by atoms with Crippen molar-refractivity contribution in [1.82, 2.24) is 9.80 Å². The Morgan fingerprint density at radius 3 is 2.48 bits per heavy atom. The number of anilines is 1. The van der Waals surface area contributed by atoms with Gasteiger partial charge in [0.2, 0.25) is 5.91 Å². The minimum Gasteiger partial charge on any atom is -0.325 e. The van der Waals surface area contributed by atoms with Crippen LogP contribution < -0.4 is 5.32 Å². The van der Waals surface area contributed by atoms with Gasteiger partial charge in [-0.15, -0.1) is 0 Å². The highest BCUT2D eigenvalue weighted by Gasteiger charge is 2.52. The van der Waals surface area contributed by atoms with Crippen LogP contribution in [0.1, 0.15) is 32.6 Å². The van der Waals surface area contributed by atoms with E-state index in [2.05, 4.69) is 5.32 Å². The first-order valence-electron chi connectivity index (χ1n) is 9.49. The standard InChI is InChI=1S/C20H23N3O4/c1-12(16-10-13-7-8-14(16)9-13)23-19(26)18(25)22(20(23)27)11-17(24)21-15-5-3-2-4-6-15/h2-6,12-14,16H,7-11H2,1H3,(H,21,24)/t12-,13+,14+,16-/m1/s1. The van der Waals surface area contributed by atoms with Crippen molar-refractivity contribution in [3.8, 4) is 0 Å². The lowest BCUT2D eigenvalue weighted by Crippen LogP contribution is -2.45.